The maximum Gasteiger partial charge on any atom is 0.221 e. The molecule has 2 fully saturated rings. The molecule has 0 aromatic carbocycles. The van der Waals surface area contributed by atoms with Crippen LogP contribution in [-0.2, 0) is 4.79 Å². The fourth-order valence-electron chi connectivity index (χ4n) is 2.82. The lowest BCUT2D eigenvalue weighted by atomic mass is 9.98. The van der Waals surface area contributed by atoms with Gasteiger partial charge in [0.15, 0.2) is 0 Å². The molecule has 2 aliphatic rings. The van der Waals surface area contributed by atoms with E-state index in [-0.39, 0.29) is 5.91 Å². The highest BCUT2D eigenvalue weighted by atomic mass is 32.2. The molecule has 1 heterocycles. The molecule has 3 unspecified atom stereocenters. The molecule has 98 valence electrons. The Bertz CT molecular complexity index is 254. The number of amides is 1. The summed E-state index contributed by atoms with van der Waals surface area (Å²) in [5.41, 5.74) is 0. The summed E-state index contributed by atoms with van der Waals surface area (Å²) in [5, 5.41) is 6.52. The van der Waals surface area contributed by atoms with Gasteiger partial charge in [0.1, 0.15) is 0 Å². The second-order valence-corrected chi connectivity index (χ2v) is 6.55. The molecule has 1 aliphatic carbocycles. The smallest absolute Gasteiger partial charge is 0.221 e. The van der Waals surface area contributed by atoms with E-state index in [9.17, 15) is 4.79 Å². The fourth-order valence-corrected chi connectivity index (χ4v) is 3.77. The van der Waals surface area contributed by atoms with Crippen LogP contribution in [0.3, 0.4) is 0 Å². The van der Waals surface area contributed by atoms with E-state index >= 15 is 0 Å². The SMILES string of the molecule is CC1CCCC1CNC(=O)CC1CSCCN1. The lowest BCUT2D eigenvalue weighted by Gasteiger charge is -2.23. The van der Waals surface area contributed by atoms with Gasteiger partial charge in [0, 0.05) is 37.1 Å². The maximum atomic E-state index is 11.8. The molecule has 0 spiro atoms. The van der Waals surface area contributed by atoms with E-state index in [1.165, 1.54) is 25.0 Å². The van der Waals surface area contributed by atoms with Crippen LogP contribution in [0.2, 0.25) is 0 Å². The second kappa shape index (κ2) is 6.64. The fraction of sp³-hybridized carbons (Fsp3) is 0.923. The van der Waals surface area contributed by atoms with E-state index in [2.05, 4.69) is 17.6 Å². The van der Waals surface area contributed by atoms with Gasteiger partial charge < -0.3 is 10.6 Å². The van der Waals surface area contributed by atoms with Crippen molar-refractivity contribution in [1.82, 2.24) is 10.6 Å². The van der Waals surface area contributed by atoms with Crippen LogP contribution in [0, 0.1) is 11.8 Å². The summed E-state index contributed by atoms with van der Waals surface area (Å²) >= 11 is 1.95. The molecule has 4 heteroatoms. The molecule has 1 aliphatic heterocycles. The largest absolute Gasteiger partial charge is 0.356 e. The molecule has 1 saturated carbocycles. The molecule has 0 aromatic rings. The minimum atomic E-state index is 0.226. The minimum absolute atomic E-state index is 0.226. The molecule has 0 aromatic heterocycles. The summed E-state index contributed by atoms with van der Waals surface area (Å²) in [5.74, 6) is 3.99. The third-order valence-electron chi connectivity index (χ3n) is 4.03. The van der Waals surface area contributed by atoms with Crippen molar-refractivity contribution in [2.45, 2.75) is 38.6 Å². The summed E-state index contributed by atoms with van der Waals surface area (Å²) in [6.45, 7) is 4.24. The molecule has 1 amide bonds. The highest BCUT2D eigenvalue weighted by Crippen LogP contribution is 2.30. The van der Waals surface area contributed by atoms with Gasteiger partial charge in [-0.2, -0.15) is 11.8 Å². The van der Waals surface area contributed by atoms with E-state index in [0.29, 0.717) is 18.4 Å². The number of nitrogens with one attached hydrogen (secondary N) is 2. The van der Waals surface area contributed by atoms with Crippen molar-refractivity contribution >= 4 is 17.7 Å². The molecule has 0 bridgehead atoms. The first-order chi connectivity index (χ1) is 8.25. The number of rotatable bonds is 4. The highest BCUT2D eigenvalue weighted by molar-refractivity contribution is 7.99. The van der Waals surface area contributed by atoms with Crippen molar-refractivity contribution in [3.63, 3.8) is 0 Å². The molecule has 3 nitrogen and oxygen atoms in total. The van der Waals surface area contributed by atoms with Crippen LogP contribution >= 0.6 is 11.8 Å². The Morgan fingerprint density at radius 2 is 2.35 bits per heavy atom. The average Bonchev–Trinajstić information content (AvgIpc) is 2.74. The Kier molecular flexibility index (Phi) is 5.16. The molecular weight excluding hydrogens is 232 g/mol. The Morgan fingerprint density at radius 1 is 1.47 bits per heavy atom. The second-order valence-electron chi connectivity index (χ2n) is 5.40. The zero-order chi connectivity index (χ0) is 12.1. The quantitative estimate of drug-likeness (QED) is 0.803. The summed E-state index contributed by atoms with van der Waals surface area (Å²) in [4.78, 5) is 11.8. The normalized spacial score (nSPS) is 33.6. The average molecular weight is 256 g/mol. The summed E-state index contributed by atoms with van der Waals surface area (Å²) in [7, 11) is 0. The van der Waals surface area contributed by atoms with Crippen molar-refractivity contribution in [2.24, 2.45) is 11.8 Å². The van der Waals surface area contributed by atoms with Gasteiger partial charge in [-0.05, 0) is 18.3 Å². The first kappa shape index (κ1) is 13.2. The molecular formula is C13H24N2OS. The van der Waals surface area contributed by atoms with E-state index in [0.717, 1.165) is 24.8 Å². The number of carbonyl (C=O) groups is 1. The van der Waals surface area contributed by atoms with E-state index in [1.54, 1.807) is 0 Å². The highest BCUT2D eigenvalue weighted by Gasteiger charge is 2.24. The monoisotopic (exact) mass is 256 g/mol. The van der Waals surface area contributed by atoms with Gasteiger partial charge in [-0.25, -0.2) is 0 Å². The van der Waals surface area contributed by atoms with E-state index < -0.39 is 0 Å². The van der Waals surface area contributed by atoms with Gasteiger partial charge in [0.25, 0.3) is 0 Å². The lowest BCUT2D eigenvalue weighted by molar-refractivity contribution is -0.121. The van der Waals surface area contributed by atoms with Crippen LogP contribution in [0.1, 0.15) is 32.6 Å². The van der Waals surface area contributed by atoms with Gasteiger partial charge in [-0.15, -0.1) is 0 Å². The first-order valence-electron chi connectivity index (χ1n) is 6.83. The van der Waals surface area contributed by atoms with Crippen molar-refractivity contribution in [1.29, 1.82) is 0 Å². The maximum absolute atomic E-state index is 11.8. The van der Waals surface area contributed by atoms with Crippen LogP contribution in [0.15, 0.2) is 0 Å². The zero-order valence-corrected chi connectivity index (χ0v) is 11.5. The van der Waals surface area contributed by atoms with Crippen LogP contribution in [0.5, 0.6) is 0 Å². The van der Waals surface area contributed by atoms with Gasteiger partial charge in [0.2, 0.25) is 5.91 Å². The number of hydrogen-bond acceptors (Lipinski definition) is 3. The molecule has 1 saturated heterocycles. The Balaban J connectivity index is 1.63. The molecule has 3 atom stereocenters. The van der Waals surface area contributed by atoms with Gasteiger partial charge in [-0.1, -0.05) is 19.8 Å². The predicted molar refractivity (Wildman–Crippen MR) is 73.2 cm³/mol. The van der Waals surface area contributed by atoms with Crippen molar-refractivity contribution < 1.29 is 4.79 Å². The van der Waals surface area contributed by atoms with E-state index in [1.807, 2.05) is 11.8 Å². The van der Waals surface area contributed by atoms with Gasteiger partial charge >= 0.3 is 0 Å². The minimum Gasteiger partial charge on any atom is -0.356 e. The third kappa shape index (κ3) is 4.18. The van der Waals surface area contributed by atoms with E-state index in [4.69, 9.17) is 0 Å². The lowest BCUT2D eigenvalue weighted by Crippen LogP contribution is -2.42. The molecule has 2 rings (SSSR count). The topological polar surface area (TPSA) is 41.1 Å². The van der Waals surface area contributed by atoms with Crippen molar-refractivity contribution in [3.8, 4) is 0 Å². The standard InChI is InChI=1S/C13H24N2OS/c1-10-3-2-4-11(10)8-15-13(16)7-12-9-17-6-5-14-12/h10-12,14H,2-9H2,1H3,(H,15,16). The summed E-state index contributed by atoms with van der Waals surface area (Å²) < 4.78 is 0. The summed E-state index contributed by atoms with van der Waals surface area (Å²) in [6.07, 6.45) is 4.61. The van der Waals surface area contributed by atoms with Gasteiger partial charge in [0.05, 0.1) is 0 Å². The van der Waals surface area contributed by atoms with Crippen LogP contribution in [0.25, 0.3) is 0 Å². The number of hydrogen-bond donors (Lipinski definition) is 2. The summed E-state index contributed by atoms with van der Waals surface area (Å²) in [6, 6.07) is 0.384. The Hall–Kier alpha value is -0.220. The third-order valence-corrected chi connectivity index (χ3v) is 5.16. The van der Waals surface area contributed by atoms with Gasteiger partial charge in [-0.3, -0.25) is 4.79 Å². The predicted octanol–water partition coefficient (Wildman–Crippen LogP) is 1.63. The number of carbonyl (C=O) groups excluding carboxylic acids is 1. The van der Waals surface area contributed by atoms with Crippen LogP contribution < -0.4 is 10.6 Å². The molecule has 2 N–H and O–H groups in total. The number of thioether (sulfide) groups is 1. The molecule has 17 heavy (non-hydrogen) atoms. The van der Waals surface area contributed by atoms with Crippen molar-refractivity contribution in [2.75, 3.05) is 24.6 Å². The van der Waals surface area contributed by atoms with Crippen LogP contribution in [-0.4, -0.2) is 36.5 Å². The Morgan fingerprint density at radius 3 is 3.00 bits per heavy atom. The van der Waals surface area contributed by atoms with Crippen LogP contribution in [0.4, 0.5) is 0 Å². The zero-order valence-electron chi connectivity index (χ0n) is 10.7. The Labute approximate surface area is 108 Å². The molecule has 0 radical (unpaired) electrons. The van der Waals surface area contributed by atoms with Crippen molar-refractivity contribution in [3.05, 3.63) is 0 Å². The first-order valence-corrected chi connectivity index (χ1v) is 7.99.